The van der Waals surface area contributed by atoms with Gasteiger partial charge < -0.3 is 5.32 Å². The molecule has 1 aromatic carbocycles. The van der Waals surface area contributed by atoms with Gasteiger partial charge in [0.1, 0.15) is 0 Å². The van der Waals surface area contributed by atoms with Crippen LogP contribution in [0.3, 0.4) is 0 Å². The molecule has 0 atom stereocenters. The number of nitrogens with zero attached hydrogens (tertiary/aromatic N) is 1. The van der Waals surface area contributed by atoms with E-state index in [4.69, 9.17) is 28.2 Å². The number of rotatable bonds is 2. The minimum atomic E-state index is 0.641. The van der Waals surface area contributed by atoms with Gasteiger partial charge in [-0.15, -0.1) is 0 Å². The topological polar surface area (TPSA) is 24.9 Å². The third kappa shape index (κ3) is 3.02. The molecule has 3 rings (SSSR count). The number of benzene rings is 1. The number of aromatic nitrogens is 1. The van der Waals surface area contributed by atoms with Gasteiger partial charge in [0.05, 0.1) is 0 Å². The Kier molecular flexibility index (Phi) is 4.10. The lowest BCUT2D eigenvalue weighted by molar-refractivity contribution is 0.666. The summed E-state index contributed by atoms with van der Waals surface area (Å²) in [7, 11) is 0. The van der Waals surface area contributed by atoms with E-state index in [-0.39, 0.29) is 0 Å². The van der Waals surface area contributed by atoms with Gasteiger partial charge in [-0.3, -0.25) is 4.98 Å². The zero-order chi connectivity index (χ0) is 15.0. The van der Waals surface area contributed by atoms with Crippen LogP contribution in [0.5, 0.6) is 0 Å². The van der Waals surface area contributed by atoms with E-state index >= 15 is 0 Å². The highest BCUT2D eigenvalue weighted by Gasteiger charge is 2.18. The second-order valence-corrected chi connectivity index (χ2v) is 6.49. The fourth-order valence-electron chi connectivity index (χ4n) is 2.92. The fourth-order valence-corrected chi connectivity index (χ4v) is 3.44. The first-order valence-corrected chi connectivity index (χ1v) is 8.02. The molecule has 0 saturated heterocycles. The second-order valence-electron chi connectivity index (χ2n) is 5.61. The molecule has 110 valence electrons. The summed E-state index contributed by atoms with van der Waals surface area (Å²) in [4.78, 5) is 4.76. The minimum absolute atomic E-state index is 0.641. The van der Waals surface area contributed by atoms with Crippen molar-refractivity contribution >= 4 is 34.6 Å². The van der Waals surface area contributed by atoms with Crippen LogP contribution >= 0.6 is 23.2 Å². The van der Waals surface area contributed by atoms with Crippen LogP contribution in [0.2, 0.25) is 10.0 Å². The summed E-state index contributed by atoms with van der Waals surface area (Å²) in [6.07, 6.45) is 4.61. The Balaban J connectivity index is 2.07. The number of aryl methyl sites for hydroxylation is 2. The third-order valence-electron chi connectivity index (χ3n) is 4.09. The molecule has 21 heavy (non-hydrogen) atoms. The highest BCUT2D eigenvalue weighted by molar-refractivity contribution is 6.35. The average molecular weight is 321 g/mol. The van der Waals surface area contributed by atoms with Gasteiger partial charge in [0.2, 0.25) is 0 Å². The number of hydrogen-bond acceptors (Lipinski definition) is 2. The summed E-state index contributed by atoms with van der Waals surface area (Å²) >= 11 is 12.2. The Morgan fingerprint density at radius 3 is 2.38 bits per heavy atom. The molecule has 0 unspecified atom stereocenters. The molecule has 2 aromatic rings. The van der Waals surface area contributed by atoms with Gasteiger partial charge in [0.15, 0.2) is 0 Å². The third-order valence-corrected chi connectivity index (χ3v) is 4.53. The summed E-state index contributed by atoms with van der Waals surface area (Å²) in [5, 5.41) is 4.80. The van der Waals surface area contributed by atoms with E-state index in [2.05, 4.69) is 19.2 Å². The van der Waals surface area contributed by atoms with Crippen LogP contribution in [-0.4, -0.2) is 4.98 Å². The number of halogens is 2. The summed E-state index contributed by atoms with van der Waals surface area (Å²) < 4.78 is 0. The molecule has 0 fully saturated rings. The normalized spacial score (nSPS) is 13.9. The van der Waals surface area contributed by atoms with Crippen molar-refractivity contribution in [1.82, 2.24) is 4.98 Å². The predicted molar refractivity (Wildman–Crippen MR) is 90.1 cm³/mol. The molecule has 0 radical (unpaired) electrons. The van der Waals surface area contributed by atoms with E-state index in [1.165, 1.54) is 35.3 Å². The zero-order valence-electron chi connectivity index (χ0n) is 12.3. The smallest absolute Gasteiger partial charge is 0.0483 e. The summed E-state index contributed by atoms with van der Waals surface area (Å²) in [5.74, 6) is 0. The van der Waals surface area contributed by atoms with Crippen LogP contribution in [0.4, 0.5) is 11.4 Å². The standard InChI is InChI=1S/C17H18Cl2N2/c1-10-11(2)20-16-6-4-3-5-15(16)17(10)21-14-8-12(18)7-13(19)9-14/h7-9H,3-6H2,1-2H3,(H,20,21). The molecule has 0 saturated carbocycles. The highest BCUT2D eigenvalue weighted by atomic mass is 35.5. The average Bonchev–Trinajstić information content (AvgIpc) is 2.43. The first kappa shape index (κ1) is 14.7. The fraction of sp³-hybridized carbons (Fsp3) is 0.353. The Bertz CT molecular complexity index is 675. The van der Waals surface area contributed by atoms with Gasteiger partial charge in [0.25, 0.3) is 0 Å². The minimum Gasteiger partial charge on any atom is -0.355 e. The van der Waals surface area contributed by atoms with E-state index in [0.29, 0.717) is 10.0 Å². The van der Waals surface area contributed by atoms with Crippen LogP contribution in [0.25, 0.3) is 0 Å². The Morgan fingerprint density at radius 2 is 1.67 bits per heavy atom. The quantitative estimate of drug-likeness (QED) is 0.775. The molecule has 0 aliphatic heterocycles. The Hall–Kier alpha value is -1.25. The molecule has 0 bridgehead atoms. The van der Waals surface area contributed by atoms with E-state index in [1.807, 2.05) is 12.1 Å². The number of fused-ring (bicyclic) bond motifs is 1. The van der Waals surface area contributed by atoms with Crippen LogP contribution in [0, 0.1) is 13.8 Å². The maximum absolute atomic E-state index is 6.09. The molecule has 1 heterocycles. The Labute approximate surface area is 135 Å². The van der Waals surface area contributed by atoms with Crippen LogP contribution in [-0.2, 0) is 12.8 Å². The lowest BCUT2D eigenvalue weighted by atomic mass is 9.92. The molecular weight excluding hydrogens is 303 g/mol. The molecule has 4 heteroatoms. The first-order valence-electron chi connectivity index (χ1n) is 7.26. The van der Waals surface area contributed by atoms with Crippen LogP contribution in [0.1, 0.15) is 35.4 Å². The van der Waals surface area contributed by atoms with Crippen LogP contribution < -0.4 is 5.32 Å². The van der Waals surface area contributed by atoms with Crippen molar-refractivity contribution in [3.05, 3.63) is 50.8 Å². The maximum atomic E-state index is 6.09. The van der Waals surface area contributed by atoms with Crippen molar-refractivity contribution in [2.24, 2.45) is 0 Å². The molecule has 1 aliphatic carbocycles. The van der Waals surface area contributed by atoms with Crippen molar-refractivity contribution in [2.75, 3.05) is 5.32 Å². The number of nitrogens with one attached hydrogen (secondary N) is 1. The van der Waals surface area contributed by atoms with E-state index < -0.39 is 0 Å². The van der Waals surface area contributed by atoms with Crippen molar-refractivity contribution in [3.63, 3.8) is 0 Å². The lowest BCUT2D eigenvalue weighted by Crippen LogP contribution is -2.12. The summed E-state index contributed by atoms with van der Waals surface area (Å²) in [6.45, 7) is 4.19. The monoisotopic (exact) mass is 320 g/mol. The van der Waals surface area contributed by atoms with Gasteiger partial charge >= 0.3 is 0 Å². The highest BCUT2D eigenvalue weighted by Crippen LogP contribution is 2.34. The van der Waals surface area contributed by atoms with Gasteiger partial charge in [0, 0.05) is 32.8 Å². The molecule has 0 amide bonds. The number of pyridine rings is 1. The summed E-state index contributed by atoms with van der Waals surface area (Å²) in [5.41, 5.74) is 6.97. The zero-order valence-corrected chi connectivity index (χ0v) is 13.8. The second kappa shape index (κ2) is 5.86. The first-order chi connectivity index (χ1) is 10.0. The van der Waals surface area contributed by atoms with Gasteiger partial charge in [-0.25, -0.2) is 0 Å². The molecule has 2 nitrogen and oxygen atoms in total. The van der Waals surface area contributed by atoms with E-state index in [1.54, 1.807) is 6.07 Å². The van der Waals surface area contributed by atoms with Crippen molar-refractivity contribution in [3.8, 4) is 0 Å². The van der Waals surface area contributed by atoms with Crippen molar-refractivity contribution in [1.29, 1.82) is 0 Å². The molecule has 0 spiro atoms. The number of hydrogen-bond donors (Lipinski definition) is 1. The van der Waals surface area contributed by atoms with Crippen molar-refractivity contribution in [2.45, 2.75) is 39.5 Å². The van der Waals surface area contributed by atoms with E-state index in [0.717, 1.165) is 24.2 Å². The molecular formula is C17H18Cl2N2. The largest absolute Gasteiger partial charge is 0.355 e. The Morgan fingerprint density at radius 1 is 1.00 bits per heavy atom. The van der Waals surface area contributed by atoms with Crippen molar-refractivity contribution < 1.29 is 0 Å². The van der Waals surface area contributed by atoms with Gasteiger partial charge in [-0.1, -0.05) is 23.2 Å². The van der Waals surface area contributed by atoms with Gasteiger partial charge in [-0.2, -0.15) is 0 Å². The molecule has 1 aliphatic rings. The SMILES string of the molecule is Cc1nc2c(c(Nc3cc(Cl)cc(Cl)c3)c1C)CCCC2. The maximum Gasteiger partial charge on any atom is 0.0483 e. The summed E-state index contributed by atoms with van der Waals surface area (Å²) in [6, 6.07) is 5.55. The van der Waals surface area contributed by atoms with Crippen LogP contribution in [0.15, 0.2) is 18.2 Å². The molecule has 1 N–H and O–H groups in total. The van der Waals surface area contributed by atoms with E-state index in [9.17, 15) is 0 Å². The number of anilines is 2. The van der Waals surface area contributed by atoms with Gasteiger partial charge in [-0.05, 0) is 68.9 Å². The lowest BCUT2D eigenvalue weighted by Gasteiger charge is -2.23. The molecule has 1 aromatic heterocycles. The predicted octanol–water partition coefficient (Wildman–Crippen LogP) is 5.63.